The molecule has 3 nitrogen and oxygen atoms in total. The maximum atomic E-state index is 12.4. The first-order valence-corrected chi connectivity index (χ1v) is 6.37. The highest BCUT2D eigenvalue weighted by Gasteiger charge is 2.47. The van der Waals surface area contributed by atoms with Crippen LogP contribution in [0, 0.1) is 0 Å². The van der Waals surface area contributed by atoms with Gasteiger partial charge >= 0.3 is 5.79 Å². The van der Waals surface area contributed by atoms with Crippen LogP contribution in [0.15, 0.2) is 66.7 Å². The molecule has 0 N–H and O–H groups in total. The number of ketones is 1. The molecule has 0 aromatic heterocycles. The number of hydrogen-bond acceptors (Lipinski definition) is 3. The summed E-state index contributed by atoms with van der Waals surface area (Å²) in [6.07, 6.45) is 1.49. The molecule has 0 fully saturated rings. The Balaban J connectivity index is 2.00. The quantitative estimate of drug-likeness (QED) is 0.856. The lowest BCUT2D eigenvalue weighted by Gasteiger charge is -2.26. The fraction of sp³-hybridized carbons (Fsp3) is 0.118. The number of rotatable bonds is 3. The smallest absolute Gasteiger partial charge is 0.301 e. The summed E-state index contributed by atoms with van der Waals surface area (Å²) < 4.78 is 11.3. The average Bonchev–Trinajstić information content (AvgIpc) is 2.87. The molecule has 0 saturated carbocycles. The Morgan fingerprint density at radius 3 is 2.15 bits per heavy atom. The second kappa shape index (κ2) is 4.94. The van der Waals surface area contributed by atoms with Gasteiger partial charge < -0.3 is 9.47 Å². The second-order valence-electron chi connectivity index (χ2n) is 4.53. The zero-order valence-corrected chi connectivity index (χ0v) is 11.1. The maximum Gasteiger partial charge on any atom is 0.301 e. The molecule has 2 aromatic rings. The highest BCUT2D eigenvalue weighted by molar-refractivity contribution is 6.04. The minimum atomic E-state index is -1.37. The molecule has 3 heteroatoms. The van der Waals surface area contributed by atoms with Gasteiger partial charge in [-0.15, -0.1) is 0 Å². The largest absolute Gasteiger partial charge is 0.450 e. The van der Waals surface area contributed by atoms with Crippen molar-refractivity contribution in [2.45, 2.75) is 5.79 Å². The minimum absolute atomic E-state index is 0.204. The van der Waals surface area contributed by atoms with E-state index in [9.17, 15) is 4.79 Å². The number of carbonyl (C=O) groups is 1. The Hall–Kier alpha value is -2.39. The molecule has 3 rings (SSSR count). The molecule has 1 atom stereocenters. The normalized spacial score (nSPS) is 21.4. The highest BCUT2D eigenvalue weighted by Crippen LogP contribution is 2.39. The van der Waals surface area contributed by atoms with Crippen LogP contribution in [-0.4, -0.2) is 12.9 Å². The van der Waals surface area contributed by atoms with Gasteiger partial charge in [-0.05, 0) is 0 Å². The summed E-state index contributed by atoms with van der Waals surface area (Å²) in [5.41, 5.74) is 1.55. The van der Waals surface area contributed by atoms with Crippen molar-refractivity contribution in [3.05, 3.63) is 77.9 Å². The number of hydrogen-bond donors (Lipinski definition) is 0. The summed E-state index contributed by atoms with van der Waals surface area (Å²) in [4.78, 5) is 12.4. The minimum Gasteiger partial charge on any atom is -0.450 e. The van der Waals surface area contributed by atoms with E-state index in [-0.39, 0.29) is 5.78 Å². The van der Waals surface area contributed by atoms with E-state index >= 15 is 0 Å². The average molecular weight is 266 g/mol. The SMILES string of the molecule is COC1(c2ccccc2)OC(c2ccccc2)=CC1=O. The third kappa shape index (κ3) is 1.92. The van der Waals surface area contributed by atoms with Crippen LogP contribution in [0.1, 0.15) is 11.1 Å². The van der Waals surface area contributed by atoms with Gasteiger partial charge in [0.1, 0.15) is 5.76 Å². The Morgan fingerprint density at radius 1 is 0.950 bits per heavy atom. The molecular weight excluding hydrogens is 252 g/mol. The van der Waals surface area contributed by atoms with Crippen LogP contribution in [0.2, 0.25) is 0 Å². The van der Waals surface area contributed by atoms with E-state index in [1.807, 2.05) is 60.7 Å². The van der Waals surface area contributed by atoms with Crippen LogP contribution < -0.4 is 0 Å². The number of methoxy groups -OCH3 is 1. The highest BCUT2D eigenvalue weighted by atomic mass is 16.7. The van der Waals surface area contributed by atoms with E-state index in [0.29, 0.717) is 11.3 Å². The van der Waals surface area contributed by atoms with Crippen LogP contribution in [0.4, 0.5) is 0 Å². The van der Waals surface area contributed by atoms with Crippen LogP contribution in [0.25, 0.3) is 5.76 Å². The number of carbonyl (C=O) groups excluding carboxylic acids is 1. The lowest BCUT2D eigenvalue weighted by molar-refractivity contribution is -0.186. The summed E-state index contributed by atoms with van der Waals surface area (Å²) in [6, 6.07) is 18.8. The summed E-state index contributed by atoms with van der Waals surface area (Å²) in [5.74, 6) is -1.04. The molecule has 0 saturated heterocycles. The molecule has 0 aliphatic carbocycles. The summed E-state index contributed by atoms with van der Waals surface area (Å²) >= 11 is 0. The molecule has 1 aliphatic rings. The summed E-state index contributed by atoms with van der Waals surface area (Å²) in [7, 11) is 1.48. The fourth-order valence-electron chi connectivity index (χ4n) is 2.31. The van der Waals surface area contributed by atoms with Gasteiger partial charge in [0, 0.05) is 24.3 Å². The Labute approximate surface area is 117 Å². The van der Waals surface area contributed by atoms with Gasteiger partial charge in [-0.1, -0.05) is 60.7 Å². The van der Waals surface area contributed by atoms with Crippen molar-refractivity contribution in [2.75, 3.05) is 7.11 Å². The van der Waals surface area contributed by atoms with Gasteiger partial charge in [-0.3, -0.25) is 4.79 Å². The third-order valence-electron chi connectivity index (χ3n) is 3.34. The van der Waals surface area contributed by atoms with Gasteiger partial charge in [0.15, 0.2) is 0 Å². The molecule has 0 spiro atoms. The zero-order valence-electron chi connectivity index (χ0n) is 11.1. The first-order chi connectivity index (χ1) is 9.76. The maximum absolute atomic E-state index is 12.4. The molecule has 0 amide bonds. The van der Waals surface area contributed by atoms with Gasteiger partial charge in [0.05, 0.1) is 0 Å². The Kier molecular flexibility index (Phi) is 3.12. The van der Waals surface area contributed by atoms with Gasteiger partial charge in [0.25, 0.3) is 0 Å². The van der Waals surface area contributed by atoms with Crippen molar-refractivity contribution in [3.8, 4) is 0 Å². The van der Waals surface area contributed by atoms with Crippen molar-refractivity contribution >= 4 is 11.5 Å². The van der Waals surface area contributed by atoms with Crippen LogP contribution in [-0.2, 0) is 20.1 Å². The lowest BCUT2D eigenvalue weighted by atomic mass is 10.0. The standard InChI is InChI=1S/C17H14O3/c1-19-17(14-10-6-3-7-11-14)16(18)12-15(20-17)13-8-4-2-5-9-13/h2-12H,1H3. The van der Waals surface area contributed by atoms with E-state index in [1.165, 1.54) is 13.2 Å². The molecule has 0 radical (unpaired) electrons. The first-order valence-electron chi connectivity index (χ1n) is 6.37. The van der Waals surface area contributed by atoms with Gasteiger partial charge in [-0.2, -0.15) is 0 Å². The molecule has 100 valence electrons. The lowest BCUT2D eigenvalue weighted by Crippen LogP contribution is -2.35. The molecule has 1 unspecified atom stereocenters. The van der Waals surface area contributed by atoms with E-state index in [4.69, 9.17) is 9.47 Å². The zero-order chi connectivity index (χ0) is 14.0. The van der Waals surface area contributed by atoms with Crippen LogP contribution in [0.5, 0.6) is 0 Å². The number of benzene rings is 2. The van der Waals surface area contributed by atoms with E-state index in [2.05, 4.69) is 0 Å². The molecule has 20 heavy (non-hydrogen) atoms. The van der Waals surface area contributed by atoms with Crippen LogP contribution >= 0.6 is 0 Å². The predicted octanol–water partition coefficient (Wildman–Crippen LogP) is 3.13. The van der Waals surface area contributed by atoms with Gasteiger partial charge in [0.2, 0.25) is 5.78 Å². The molecule has 1 heterocycles. The van der Waals surface area contributed by atoms with Crippen molar-refractivity contribution in [1.29, 1.82) is 0 Å². The topological polar surface area (TPSA) is 35.5 Å². The summed E-state index contributed by atoms with van der Waals surface area (Å²) in [6.45, 7) is 0. The molecular formula is C17H14O3. The Bertz CT molecular complexity index is 646. The van der Waals surface area contributed by atoms with Crippen LogP contribution in [0.3, 0.4) is 0 Å². The van der Waals surface area contributed by atoms with Crippen molar-refractivity contribution in [1.82, 2.24) is 0 Å². The van der Waals surface area contributed by atoms with Crippen molar-refractivity contribution in [3.63, 3.8) is 0 Å². The summed E-state index contributed by atoms with van der Waals surface area (Å²) in [5, 5.41) is 0. The van der Waals surface area contributed by atoms with E-state index < -0.39 is 5.79 Å². The monoisotopic (exact) mass is 266 g/mol. The molecule has 1 aliphatic heterocycles. The molecule has 2 aromatic carbocycles. The molecule has 0 bridgehead atoms. The van der Waals surface area contributed by atoms with Crippen molar-refractivity contribution < 1.29 is 14.3 Å². The second-order valence-corrected chi connectivity index (χ2v) is 4.53. The van der Waals surface area contributed by atoms with E-state index in [1.54, 1.807) is 0 Å². The third-order valence-corrected chi connectivity index (χ3v) is 3.34. The fourth-order valence-corrected chi connectivity index (χ4v) is 2.31. The van der Waals surface area contributed by atoms with Gasteiger partial charge in [-0.25, -0.2) is 0 Å². The van der Waals surface area contributed by atoms with Crippen molar-refractivity contribution in [2.24, 2.45) is 0 Å². The van der Waals surface area contributed by atoms with E-state index in [0.717, 1.165) is 5.56 Å². The first kappa shape index (κ1) is 12.6. The number of ether oxygens (including phenoxy) is 2. The predicted molar refractivity (Wildman–Crippen MR) is 75.6 cm³/mol. The Morgan fingerprint density at radius 2 is 1.55 bits per heavy atom.